The highest BCUT2D eigenvalue weighted by atomic mass is 32.1. The average molecular weight is 333 g/mol. The van der Waals surface area contributed by atoms with Crippen molar-refractivity contribution in [2.75, 3.05) is 31.1 Å². The molecule has 23 heavy (non-hydrogen) atoms. The van der Waals surface area contributed by atoms with Gasteiger partial charge in [0.05, 0.1) is 0 Å². The van der Waals surface area contributed by atoms with Crippen LogP contribution in [0.5, 0.6) is 0 Å². The normalized spacial score (nSPS) is 19.0. The summed E-state index contributed by atoms with van der Waals surface area (Å²) in [5.41, 5.74) is 0.437. The maximum Gasteiger partial charge on any atom is 0.276 e. The molecule has 1 aliphatic heterocycles. The minimum absolute atomic E-state index is 0.0315. The van der Waals surface area contributed by atoms with Crippen LogP contribution in [0, 0.1) is 6.92 Å². The third-order valence-corrected chi connectivity index (χ3v) is 5.17. The van der Waals surface area contributed by atoms with Gasteiger partial charge in [0.15, 0.2) is 5.69 Å². The number of hydrogen-bond donors (Lipinski definition) is 0. The topological polar surface area (TPSA) is 75.4 Å². The van der Waals surface area contributed by atoms with Crippen molar-refractivity contribution in [3.05, 3.63) is 23.3 Å². The van der Waals surface area contributed by atoms with Gasteiger partial charge in [-0.15, -0.1) is 0 Å². The fourth-order valence-electron chi connectivity index (χ4n) is 2.84. The molecule has 4 rings (SSSR count). The molecule has 2 aromatic heterocycles. The second kappa shape index (κ2) is 5.92. The first kappa shape index (κ1) is 14.6. The van der Waals surface area contributed by atoms with Crippen LogP contribution in [0.1, 0.15) is 47.3 Å². The van der Waals surface area contributed by atoms with E-state index in [1.807, 2.05) is 17.9 Å². The van der Waals surface area contributed by atoms with Crippen molar-refractivity contribution in [1.29, 1.82) is 0 Å². The fraction of sp³-hybridized carbons (Fsp3) is 0.600. The lowest BCUT2D eigenvalue weighted by atomic mass is 10.2. The number of amides is 1. The summed E-state index contributed by atoms with van der Waals surface area (Å²) in [6.07, 6.45) is 3.20. The Morgan fingerprint density at radius 1 is 1.30 bits per heavy atom. The number of carbonyl (C=O) groups is 1. The molecule has 1 amide bonds. The molecule has 1 aliphatic carbocycles. The zero-order valence-corrected chi connectivity index (χ0v) is 13.9. The third kappa shape index (κ3) is 3.08. The Hall–Kier alpha value is -1.96. The molecule has 0 bridgehead atoms. The van der Waals surface area contributed by atoms with E-state index in [9.17, 15) is 4.79 Å². The highest BCUT2D eigenvalue weighted by Crippen LogP contribution is 2.40. The first-order chi connectivity index (χ1) is 11.2. The van der Waals surface area contributed by atoms with Gasteiger partial charge in [-0.1, -0.05) is 5.16 Å². The zero-order valence-electron chi connectivity index (χ0n) is 13.1. The molecule has 7 nitrogen and oxygen atoms in total. The summed E-state index contributed by atoms with van der Waals surface area (Å²) in [4.78, 5) is 21.1. The Kier molecular flexibility index (Phi) is 3.76. The Morgan fingerprint density at radius 2 is 2.17 bits per heavy atom. The number of aromatic nitrogens is 3. The van der Waals surface area contributed by atoms with Crippen molar-refractivity contribution in [1.82, 2.24) is 19.4 Å². The molecule has 2 fully saturated rings. The summed E-state index contributed by atoms with van der Waals surface area (Å²) in [6.45, 7) is 4.97. The summed E-state index contributed by atoms with van der Waals surface area (Å²) in [5, 5.41) is 4.90. The molecular weight excluding hydrogens is 314 g/mol. The van der Waals surface area contributed by atoms with Crippen LogP contribution >= 0.6 is 11.5 Å². The summed E-state index contributed by atoms with van der Waals surface area (Å²) < 4.78 is 9.54. The van der Waals surface area contributed by atoms with Crippen LogP contribution in [0.2, 0.25) is 0 Å². The zero-order chi connectivity index (χ0) is 15.8. The van der Waals surface area contributed by atoms with Gasteiger partial charge in [0.25, 0.3) is 5.91 Å². The van der Waals surface area contributed by atoms with Crippen LogP contribution in [0.4, 0.5) is 5.13 Å². The number of nitrogens with zero attached hydrogens (tertiary/aromatic N) is 5. The van der Waals surface area contributed by atoms with Crippen molar-refractivity contribution < 1.29 is 9.32 Å². The van der Waals surface area contributed by atoms with E-state index in [1.54, 1.807) is 0 Å². The highest BCUT2D eigenvalue weighted by molar-refractivity contribution is 7.09. The Labute approximate surface area is 138 Å². The van der Waals surface area contributed by atoms with E-state index in [0.29, 0.717) is 18.2 Å². The van der Waals surface area contributed by atoms with Crippen LogP contribution in [-0.4, -0.2) is 51.5 Å². The SMILES string of the molecule is Cc1nsc(N2CCCN(C(=O)c3cc(C4CC4)on3)CC2)n1. The predicted molar refractivity (Wildman–Crippen MR) is 85.9 cm³/mol. The van der Waals surface area contributed by atoms with E-state index in [1.165, 1.54) is 11.5 Å². The number of rotatable bonds is 3. The molecule has 0 aromatic carbocycles. The summed E-state index contributed by atoms with van der Waals surface area (Å²) in [7, 11) is 0. The minimum Gasteiger partial charge on any atom is -0.360 e. The van der Waals surface area contributed by atoms with Gasteiger partial charge >= 0.3 is 0 Å². The van der Waals surface area contributed by atoms with Crippen LogP contribution < -0.4 is 4.90 Å². The lowest BCUT2D eigenvalue weighted by molar-refractivity contribution is 0.0756. The second-order valence-electron chi connectivity index (χ2n) is 6.15. The van der Waals surface area contributed by atoms with E-state index in [4.69, 9.17) is 4.52 Å². The molecule has 0 unspecified atom stereocenters. The second-order valence-corrected chi connectivity index (χ2v) is 6.88. The minimum atomic E-state index is -0.0315. The van der Waals surface area contributed by atoms with Crippen molar-refractivity contribution >= 4 is 22.6 Å². The van der Waals surface area contributed by atoms with Crippen LogP contribution in [0.3, 0.4) is 0 Å². The van der Waals surface area contributed by atoms with Gasteiger partial charge in [0.2, 0.25) is 5.13 Å². The molecule has 0 radical (unpaired) electrons. The van der Waals surface area contributed by atoms with Crippen molar-refractivity contribution in [3.8, 4) is 0 Å². The molecule has 122 valence electrons. The van der Waals surface area contributed by atoms with E-state index in [-0.39, 0.29) is 5.91 Å². The van der Waals surface area contributed by atoms with Gasteiger partial charge in [-0.25, -0.2) is 4.98 Å². The molecule has 0 N–H and O–H groups in total. The van der Waals surface area contributed by atoms with E-state index in [0.717, 1.165) is 55.6 Å². The van der Waals surface area contributed by atoms with E-state index in [2.05, 4.69) is 19.4 Å². The monoisotopic (exact) mass is 333 g/mol. The summed E-state index contributed by atoms with van der Waals surface area (Å²) in [6, 6.07) is 1.82. The quantitative estimate of drug-likeness (QED) is 0.856. The van der Waals surface area contributed by atoms with Crippen LogP contribution in [0.15, 0.2) is 10.6 Å². The maximum absolute atomic E-state index is 12.6. The third-order valence-electron chi connectivity index (χ3n) is 4.30. The maximum atomic E-state index is 12.6. The van der Waals surface area contributed by atoms with Crippen molar-refractivity contribution in [2.45, 2.75) is 32.1 Å². The Balaban J connectivity index is 1.42. The lowest BCUT2D eigenvalue weighted by Crippen LogP contribution is -2.35. The highest BCUT2D eigenvalue weighted by Gasteiger charge is 2.30. The predicted octanol–water partition coefficient (Wildman–Crippen LogP) is 2.06. The van der Waals surface area contributed by atoms with E-state index < -0.39 is 0 Å². The van der Waals surface area contributed by atoms with E-state index >= 15 is 0 Å². The van der Waals surface area contributed by atoms with Crippen molar-refractivity contribution in [3.63, 3.8) is 0 Å². The molecule has 3 heterocycles. The fourth-order valence-corrected chi connectivity index (χ4v) is 3.56. The first-order valence-corrected chi connectivity index (χ1v) is 8.79. The molecule has 2 aliphatic rings. The van der Waals surface area contributed by atoms with Crippen LogP contribution in [-0.2, 0) is 0 Å². The molecule has 8 heteroatoms. The standard InChI is InChI=1S/C15H19N5O2S/c1-10-16-15(23-18-10)20-6-2-5-19(7-8-20)14(21)12-9-13(22-17-12)11-3-4-11/h9,11H,2-8H2,1H3. The summed E-state index contributed by atoms with van der Waals surface area (Å²) >= 11 is 1.42. The van der Waals surface area contributed by atoms with Gasteiger partial charge in [-0.3, -0.25) is 4.79 Å². The van der Waals surface area contributed by atoms with Crippen molar-refractivity contribution in [2.24, 2.45) is 0 Å². The molecular formula is C15H19N5O2S. The molecule has 1 saturated heterocycles. The van der Waals surface area contributed by atoms with Gasteiger partial charge in [0.1, 0.15) is 11.6 Å². The Morgan fingerprint density at radius 3 is 2.91 bits per heavy atom. The number of carbonyl (C=O) groups excluding carboxylic acids is 1. The largest absolute Gasteiger partial charge is 0.360 e. The van der Waals surface area contributed by atoms with Gasteiger partial charge in [-0.2, -0.15) is 4.37 Å². The molecule has 0 atom stereocenters. The lowest BCUT2D eigenvalue weighted by Gasteiger charge is -2.20. The summed E-state index contributed by atoms with van der Waals surface area (Å²) in [5.74, 6) is 2.10. The number of anilines is 1. The Bertz CT molecular complexity index is 708. The average Bonchev–Trinajstić information content (AvgIpc) is 3.21. The van der Waals surface area contributed by atoms with Gasteiger partial charge in [-0.05, 0) is 26.2 Å². The van der Waals surface area contributed by atoms with Gasteiger partial charge < -0.3 is 14.3 Å². The van der Waals surface area contributed by atoms with Crippen LogP contribution in [0.25, 0.3) is 0 Å². The van der Waals surface area contributed by atoms with Gasteiger partial charge in [0, 0.05) is 49.7 Å². The first-order valence-electron chi connectivity index (χ1n) is 8.02. The molecule has 2 aromatic rings. The molecule has 0 spiro atoms. The number of aryl methyl sites for hydroxylation is 1. The molecule has 1 saturated carbocycles. The smallest absolute Gasteiger partial charge is 0.276 e. The number of hydrogen-bond acceptors (Lipinski definition) is 7.